The summed E-state index contributed by atoms with van der Waals surface area (Å²) >= 11 is 0. The van der Waals surface area contributed by atoms with E-state index in [2.05, 4.69) is 123 Å². The number of halogens is 1. The van der Waals surface area contributed by atoms with Gasteiger partial charge in [0, 0.05) is 6.61 Å². The SMILES string of the molecule is C=C1C2CCC(OCC3CCC(C(C)CC)CC3)CC2CC1C(CCC(C)=CC)C(C)F.CCC(CC)C1C2CCCC(C2)OC1C.CCCC(C)CCC.CCCCC1CC=C(CC)CC1C(C)(C)C. The first-order chi connectivity index (χ1) is 33.9. The lowest BCUT2D eigenvalue weighted by Gasteiger charge is -2.47. The van der Waals surface area contributed by atoms with Gasteiger partial charge in [-0.15, -0.1) is 0 Å². The molecule has 2 nitrogen and oxygen atoms in total. The number of fused-ring (bicyclic) bond motifs is 3. The van der Waals surface area contributed by atoms with E-state index >= 15 is 0 Å². The van der Waals surface area contributed by atoms with E-state index in [1.54, 1.807) is 12.5 Å². The van der Waals surface area contributed by atoms with Crippen molar-refractivity contribution in [3.8, 4) is 0 Å². The maximum absolute atomic E-state index is 14.6. The highest BCUT2D eigenvalue weighted by Crippen LogP contribution is 2.53. The Labute approximate surface area is 444 Å². The first kappa shape index (κ1) is 64.4. The summed E-state index contributed by atoms with van der Waals surface area (Å²) in [6.07, 6.45) is 40.8. The second-order valence-electron chi connectivity index (χ2n) is 26.5. The third-order valence-electron chi connectivity index (χ3n) is 20.4. The molecule has 13 unspecified atom stereocenters. The van der Waals surface area contributed by atoms with Gasteiger partial charge in [-0.2, -0.15) is 0 Å². The van der Waals surface area contributed by atoms with Crippen LogP contribution in [0.4, 0.5) is 4.39 Å². The van der Waals surface area contributed by atoms with Crippen molar-refractivity contribution in [2.24, 2.45) is 82.3 Å². The monoisotopic (exact) mass is 993 g/mol. The van der Waals surface area contributed by atoms with Gasteiger partial charge in [-0.3, -0.25) is 0 Å². The van der Waals surface area contributed by atoms with E-state index in [1.165, 1.54) is 165 Å². The minimum absolute atomic E-state index is 0.128. The molecule has 4 saturated carbocycles. The smallest absolute Gasteiger partial charge is 0.101 e. The maximum atomic E-state index is 14.6. The molecule has 1 aliphatic heterocycles. The molecule has 0 aromatic rings. The van der Waals surface area contributed by atoms with Crippen molar-refractivity contribution in [1.82, 2.24) is 0 Å². The number of rotatable bonds is 21. The maximum Gasteiger partial charge on any atom is 0.101 e. The van der Waals surface area contributed by atoms with E-state index in [1.807, 2.05) is 0 Å². The van der Waals surface area contributed by atoms with E-state index in [0.717, 1.165) is 79.1 Å². The van der Waals surface area contributed by atoms with Crippen LogP contribution in [0.2, 0.25) is 0 Å². The topological polar surface area (TPSA) is 18.5 Å². The standard InChI is InChI=1S/C30H51FO.C16H30.C14H26O.C8H18/c1-7-20(3)9-15-29(23(6)31)30-18-26-17-27(14-16-28(26)22(30)5)32-19-24-10-12-25(13-11-24)21(4)8-2;1-6-8-9-14-11-10-13(7-2)12-15(14)16(3,4)5;1-4-11(5-2)14-10(3)15-13-8-6-7-12(14)9-13;1-4-6-8(3)7-5-2/h7,21,23-30H,5,8-19H2,1-4,6H3;10,14-15H,6-9,11-12H2,1-5H3;10-14H,4-9H2,1-3H3;8H,4-7H2,1-3H3. The van der Waals surface area contributed by atoms with Crippen molar-refractivity contribution in [1.29, 1.82) is 0 Å². The van der Waals surface area contributed by atoms with Gasteiger partial charge in [0.1, 0.15) is 6.17 Å². The summed E-state index contributed by atoms with van der Waals surface area (Å²) in [5.74, 6) is 9.87. The van der Waals surface area contributed by atoms with Gasteiger partial charge >= 0.3 is 0 Å². The van der Waals surface area contributed by atoms with Crippen molar-refractivity contribution in [2.45, 2.75) is 309 Å². The number of hydrogen-bond donors (Lipinski definition) is 0. The average Bonchev–Trinajstić information content (AvgIpc) is 3.68. The molecule has 71 heavy (non-hydrogen) atoms. The minimum Gasteiger partial charge on any atom is -0.378 e. The molecule has 1 saturated heterocycles. The third kappa shape index (κ3) is 21.2. The lowest BCUT2D eigenvalue weighted by molar-refractivity contribution is -0.137. The van der Waals surface area contributed by atoms with Crippen molar-refractivity contribution in [2.75, 3.05) is 6.61 Å². The van der Waals surface area contributed by atoms with Gasteiger partial charge in [0.15, 0.2) is 0 Å². The Kier molecular flexibility index (Phi) is 30.8. The molecule has 0 aromatic heterocycles. The van der Waals surface area contributed by atoms with Crippen LogP contribution in [0.25, 0.3) is 0 Å². The zero-order valence-electron chi connectivity index (χ0n) is 50.7. The van der Waals surface area contributed by atoms with Crippen LogP contribution in [0.1, 0.15) is 284 Å². The molecule has 1 heterocycles. The molecule has 6 rings (SSSR count). The van der Waals surface area contributed by atoms with E-state index in [-0.39, 0.29) is 5.92 Å². The zero-order valence-corrected chi connectivity index (χ0v) is 50.7. The van der Waals surface area contributed by atoms with Crippen LogP contribution >= 0.6 is 0 Å². The van der Waals surface area contributed by atoms with Crippen molar-refractivity contribution in [3.05, 3.63) is 35.5 Å². The zero-order chi connectivity index (χ0) is 52.7. The molecule has 3 heteroatoms. The van der Waals surface area contributed by atoms with E-state index in [9.17, 15) is 4.39 Å². The lowest BCUT2D eigenvalue weighted by atomic mass is 9.65. The summed E-state index contributed by atoms with van der Waals surface area (Å²) in [6.45, 7) is 42.0. The fraction of sp³-hybridized carbons (Fsp3) is 0.912. The Morgan fingerprint density at radius 1 is 0.831 bits per heavy atom. The molecule has 6 aliphatic rings. The Hall–Kier alpha value is -0.930. The summed E-state index contributed by atoms with van der Waals surface area (Å²) in [6, 6.07) is 0. The molecule has 13 atom stereocenters. The summed E-state index contributed by atoms with van der Waals surface area (Å²) < 4.78 is 27.3. The van der Waals surface area contributed by atoms with E-state index in [0.29, 0.717) is 41.5 Å². The predicted molar refractivity (Wildman–Crippen MR) is 312 cm³/mol. The highest BCUT2D eigenvalue weighted by atomic mass is 19.1. The van der Waals surface area contributed by atoms with Crippen LogP contribution < -0.4 is 0 Å². The van der Waals surface area contributed by atoms with Gasteiger partial charge in [0.2, 0.25) is 0 Å². The van der Waals surface area contributed by atoms with E-state index in [4.69, 9.17) is 9.47 Å². The number of allylic oxidation sites excluding steroid dienone is 5. The number of unbranched alkanes of at least 4 members (excludes halogenated alkanes) is 1. The van der Waals surface area contributed by atoms with Crippen molar-refractivity contribution in [3.63, 3.8) is 0 Å². The van der Waals surface area contributed by atoms with Crippen LogP contribution in [0, 0.1) is 82.3 Å². The van der Waals surface area contributed by atoms with Gasteiger partial charge in [-0.25, -0.2) is 4.39 Å². The Morgan fingerprint density at radius 2 is 1.51 bits per heavy atom. The van der Waals surface area contributed by atoms with Gasteiger partial charge in [-0.1, -0.05) is 183 Å². The van der Waals surface area contributed by atoms with Gasteiger partial charge in [-0.05, 0) is 219 Å². The molecule has 416 valence electrons. The summed E-state index contributed by atoms with van der Waals surface area (Å²) in [5, 5.41) is 0. The molecule has 0 radical (unpaired) electrons. The van der Waals surface area contributed by atoms with Crippen LogP contribution in [0.3, 0.4) is 0 Å². The average molecular weight is 994 g/mol. The third-order valence-corrected chi connectivity index (χ3v) is 20.4. The first-order valence-electron chi connectivity index (χ1n) is 31.8. The highest BCUT2D eigenvalue weighted by Gasteiger charge is 2.46. The first-order valence-corrected chi connectivity index (χ1v) is 31.8. The summed E-state index contributed by atoms with van der Waals surface area (Å²) in [4.78, 5) is 0. The molecule has 2 bridgehead atoms. The Morgan fingerprint density at radius 3 is 2.07 bits per heavy atom. The molecule has 0 aromatic carbocycles. The van der Waals surface area contributed by atoms with Gasteiger partial charge in [0.25, 0.3) is 0 Å². The normalized spacial score (nSPS) is 32.3. The van der Waals surface area contributed by atoms with Crippen LogP contribution in [-0.4, -0.2) is 31.1 Å². The summed E-state index contributed by atoms with van der Waals surface area (Å²) in [7, 11) is 0. The Bertz CT molecular complexity index is 1450. The summed E-state index contributed by atoms with van der Waals surface area (Å²) in [5.41, 5.74) is 4.92. The van der Waals surface area contributed by atoms with Crippen LogP contribution in [0.5, 0.6) is 0 Å². The molecular formula is C68H125FO2. The second-order valence-corrected chi connectivity index (χ2v) is 26.5. The molecule has 5 fully saturated rings. The van der Waals surface area contributed by atoms with Gasteiger partial charge < -0.3 is 9.47 Å². The lowest BCUT2D eigenvalue weighted by Crippen LogP contribution is -2.45. The fourth-order valence-corrected chi connectivity index (χ4v) is 15.4. The van der Waals surface area contributed by atoms with Crippen molar-refractivity contribution >= 4 is 0 Å². The number of alkyl halides is 1. The molecule has 0 N–H and O–H groups in total. The fourth-order valence-electron chi connectivity index (χ4n) is 15.4. The number of ether oxygens (including phenoxy) is 2. The van der Waals surface area contributed by atoms with E-state index < -0.39 is 6.17 Å². The minimum atomic E-state index is -0.751. The van der Waals surface area contributed by atoms with Crippen molar-refractivity contribution < 1.29 is 13.9 Å². The largest absolute Gasteiger partial charge is 0.378 e. The Balaban J connectivity index is 0.000000285. The molecular weight excluding hydrogens is 868 g/mol. The quantitative estimate of drug-likeness (QED) is 0.107. The predicted octanol–water partition coefficient (Wildman–Crippen LogP) is 21.8. The molecule has 5 aliphatic carbocycles. The second kappa shape index (κ2) is 34.0. The highest BCUT2D eigenvalue weighted by molar-refractivity contribution is 5.18. The number of hydrogen-bond acceptors (Lipinski definition) is 2. The van der Waals surface area contributed by atoms with Crippen LogP contribution in [-0.2, 0) is 9.47 Å². The molecule has 0 amide bonds. The van der Waals surface area contributed by atoms with Gasteiger partial charge in [0.05, 0.1) is 18.3 Å². The molecule has 0 spiro atoms. The van der Waals surface area contributed by atoms with Crippen LogP contribution in [0.15, 0.2) is 35.5 Å².